The van der Waals surface area contributed by atoms with E-state index < -0.39 is 0 Å². The number of amidine groups is 2. The van der Waals surface area contributed by atoms with Gasteiger partial charge in [0.15, 0.2) is 11.7 Å². The molecule has 2 unspecified atom stereocenters. The molecule has 48 heavy (non-hydrogen) atoms. The molecule has 2 atom stereocenters. The van der Waals surface area contributed by atoms with E-state index in [9.17, 15) is 0 Å². The summed E-state index contributed by atoms with van der Waals surface area (Å²) >= 11 is 0. The van der Waals surface area contributed by atoms with Crippen LogP contribution in [-0.2, 0) is 12.1 Å². The topological polar surface area (TPSA) is 54.0 Å². The van der Waals surface area contributed by atoms with Gasteiger partial charge in [-0.05, 0) is 42.5 Å². The normalized spacial score (nSPS) is 17.7. The zero-order valence-electron chi connectivity index (χ0n) is 26.8. The minimum absolute atomic E-state index is 0.0589. The van der Waals surface area contributed by atoms with Gasteiger partial charge >= 0.3 is 0 Å². The van der Waals surface area contributed by atoms with Crippen molar-refractivity contribution in [1.82, 2.24) is 4.57 Å². The lowest BCUT2D eigenvalue weighted by molar-refractivity contribution is 0.514. The molecule has 5 heteroatoms. The van der Waals surface area contributed by atoms with Crippen LogP contribution >= 0.6 is 0 Å². The molecule has 8 rings (SSSR count). The predicted octanol–water partition coefficient (Wildman–Crippen LogP) is 9.82. The molecule has 1 aliphatic heterocycles. The molecule has 0 radical (unpaired) electrons. The van der Waals surface area contributed by atoms with E-state index in [0.717, 1.165) is 22.2 Å². The van der Waals surface area contributed by atoms with Gasteiger partial charge in [0.25, 0.3) is 0 Å². The van der Waals surface area contributed by atoms with E-state index in [2.05, 4.69) is 126 Å². The third kappa shape index (κ3) is 4.92. The number of hydrogen-bond acceptors (Lipinski definition) is 2. The van der Waals surface area contributed by atoms with Crippen molar-refractivity contribution in [3.05, 3.63) is 186 Å². The third-order valence-corrected chi connectivity index (χ3v) is 9.66. The van der Waals surface area contributed by atoms with Gasteiger partial charge in [0.05, 0.1) is 17.1 Å². The molecular weight excluding hydrogens is 587 g/mol. The molecule has 5 nitrogen and oxygen atoms in total. The number of nitrogens with zero attached hydrogens (tertiary/aromatic N) is 4. The number of hydrogen-bond donors (Lipinski definition) is 1. The zero-order chi connectivity index (χ0) is 32.5. The molecule has 0 amide bonds. The van der Waals surface area contributed by atoms with Crippen LogP contribution in [-0.4, -0.2) is 23.0 Å². The summed E-state index contributed by atoms with van der Waals surface area (Å²) < 4.78 is 2.30. The molecule has 232 valence electrons. The molecule has 0 fully saturated rings. The van der Waals surface area contributed by atoms with Gasteiger partial charge in [0.2, 0.25) is 0 Å². The smallest absolute Gasteiger partial charge is 0.161 e. The van der Waals surface area contributed by atoms with Crippen LogP contribution in [0.2, 0.25) is 0 Å². The van der Waals surface area contributed by atoms with Crippen LogP contribution in [0.25, 0.3) is 21.8 Å². The predicted molar refractivity (Wildman–Crippen MR) is 201 cm³/mol. The number of anilines is 1. The minimum atomic E-state index is -0.284. The van der Waals surface area contributed by atoms with Crippen LogP contribution in [0, 0.1) is 0 Å². The molecule has 0 aliphatic carbocycles. The lowest BCUT2D eigenvalue weighted by Crippen LogP contribution is -2.30. The van der Waals surface area contributed by atoms with E-state index in [1.165, 1.54) is 33.2 Å². The van der Waals surface area contributed by atoms with Crippen LogP contribution in [0.4, 0.5) is 5.69 Å². The van der Waals surface area contributed by atoms with Gasteiger partial charge in [0.1, 0.15) is 6.67 Å². The maximum Gasteiger partial charge on any atom is 0.161 e. The summed E-state index contributed by atoms with van der Waals surface area (Å²) in [5, 5.41) is 6.44. The fourth-order valence-corrected chi connectivity index (χ4v) is 7.28. The number of nitrogens with one attached hydrogen (secondary N) is 1. The number of aliphatic imine (C=N–C) groups is 3. The van der Waals surface area contributed by atoms with Crippen LogP contribution in [0.3, 0.4) is 0 Å². The molecule has 0 spiro atoms. The van der Waals surface area contributed by atoms with E-state index in [1.54, 1.807) is 0 Å². The molecular formula is C43H35N5. The van der Waals surface area contributed by atoms with Crippen molar-refractivity contribution < 1.29 is 0 Å². The summed E-state index contributed by atoms with van der Waals surface area (Å²) in [6.07, 6.45) is 0. The molecule has 0 bridgehead atoms. The van der Waals surface area contributed by atoms with Crippen molar-refractivity contribution in [2.45, 2.75) is 25.0 Å². The van der Waals surface area contributed by atoms with Crippen molar-refractivity contribution in [1.29, 1.82) is 0 Å². The monoisotopic (exact) mass is 621 g/mol. The molecule has 0 saturated carbocycles. The number of aromatic nitrogens is 1. The molecule has 7 aromatic rings. The number of para-hydroxylation sites is 1. The second-order valence-electron chi connectivity index (χ2n) is 12.3. The van der Waals surface area contributed by atoms with Crippen LogP contribution in [0.1, 0.15) is 40.8 Å². The van der Waals surface area contributed by atoms with Gasteiger partial charge in [-0.25, -0.2) is 15.0 Å². The van der Waals surface area contributed by atoms with Crippen LogP contribution in [0.15, 0.2) is 173 Å². The van der Waals surface area contributed by atoms with Gasteiger partial charge in [-0.2, -0.15) is 0 Å². The summed E-state index contributed by atoms with van der Waals surface area (Å²) in [5.74, 6) is 1.14. The van der Waals surface area contributed by atoms with E-state index in [0.29, 0.717) is 18.3 Å². The third-order valence-electron chi connectivity index (χ3n) is 9.66. The summed E-state index contributed by atoms with van der Waals surface area (Å²) in [7, 11) is 0. The molecule has 1 N–H and O–H groups in total. The Balaban J connectivity index is 1.31. The Morgan fingerprint density at radius 1 is 0.667 bits per heavy atom. The van der Waals surface area contributed by atoms with Crippen molar-refractivity contribution in [3.63, 3.8) is 0 Å². The second kappa shape index (κ2) is 12.3. The summed E-state index contributed by atoms with van der Waals surface area (Å²) in [6.45, 7) is 6.58. The Hall–Kier alpha value is -6.07. The Labute approximate surface area is 280 Å². The molecule has 1 aromatic heterocycles. The first-order valence-corrected chi connectivity index (χ1v) is 16.3. The Morgan fingerprint density at radius 3 is 1.92 bits per heavy atom. The fraction of sp³-hybridized carbons (Fsp3) is 0.0930. The Kier molecular flexibility index (Phi) is 7.50. The highest BCUT2D eigenvalue weighted by molar-refractivity contribution is 6.16. The summed E-state index contributed by atoms with van der Waals surface area (Å²) in [6, 6.07) is 54.9. The maximum atomic E-state index is 5.17. The Bertz CT molecular complexity index is 2310. The van der Waals surface area contributed by atoms with Gasteiger partial charge in [0, 0.05) is 33.0 Å². The lowest BCUT2D eigenvalue weighted by atomic mass is 9.71. The van der Waals surface area contributed by atoms with Crippen molar-refractivity contribution in [3.8, 4) is 0 Å². The van der Waals surface area contributed by atoms with E-state index in [-0.39, 0.29) is 11.5 Å². The highest BCUT2D eigenvalue weighted by Crippen LogP contribution is 2.55. The lowest BCUT2D eigenvalue weighted by Gasteiger charge is -2.33. The van der Waals surface area contributed by atoms with E-state index in [1.807, 2.05) is 60.7 Å². The second-order valence-corrected chi connectivity index (χ2v) is 12.3. The molecule has 0 saturated heterocycles. The Morgan fingerprint density at radius 2 is 1.25 bits per heavy atom. The van der Waals surface area contributed by atoms with Crippen molar-refractivity contribution in [2.75, 3.05) is 5.32 Å². The van der Waals surface area contributed by atoms with Crippen molar-refractivity contribution >= 4 is 45.9 Å². The fourth-order valence-electron chi connectivity index (χ4n) is 7.28. The van der Waals surface area contributed by atoms with Crippen LogP contribution in [0.5, 0.6) is 0 Å². The SMILES string of the molecule is C=N/C(=N\C(=N/Cn1c2ccccc2c2c3c(ccc21)C(C)(c1ccccc1)C(c1ccccc1)N3)c1ccccc1)c1ccccc1. The van der Waals surface area contributed by atoms with E-state index in [4.69, 9.17) is 9.98 Å². The minimum Gasteiger partial charge on any atom is -0.376 e. The molecule has 1 aliphatic rings. The standard InChI is InChI=1S/C43H35N5/c1-43(33-23-13-6-14-24-33)35-27-28-37-38(39(35)46-40(43)30-17-7-3-8-18-30)34-25-15-16-26-36(34)48(37)29-45-42(32-21-11-5-12-22-32)47-41(44-2)31-19-9-4-10-20-31/h3-28,40,46H,2,29H2,1H3/b45-42-,47-41-. The molecule has 6 aromatic carbocycles. The highest BCUT2D eigenvalue weighted by atomic mass is 15.1. The zero-order valence-corrected chi connectivity index (χ0v) is 26.8. The highest BCUT2D eigenvalue weighted by Gasteiger charge is 2.46. The summed E-state index contributed by atoms with van der Waals surface area (Å²) in [5.41, 5.74) is 8.79. The van der Waals surface area contributed by atoms with Gasteiger partial charge in [-0.1, -0.05) is 146 Å². The first-order chi connectivity index (χ1) is 23.7. The average molecular weight is 622 g/mol. The van der Waals surface area contributed by atoms with Gasteiger partial charge in [-0.15, -0.1) is 0 Å². The number of fused-ring (bicyclic) bond motifs is 5. The number of benzene rings is 6. The maximum absolute atomic E-state index is 5.17. The average Bonchev–Trinajstić information content (AvgIpc) is 3.65. The summed E-state index contributed by atoms with van der Waals surface area (Å²) in [4.78, 5) is 14.4. The van der Waals surface area contributed by atoms with Gasteiger partial charge < -0.3 is 9.88 Å². The largest absolute Gasteiger partial charge is 0.376 e. The first-order valence-electron chi connectivity index (χ1n) is 16.3. The van der Waals surface area contributed by atoms with Gasteiger partial charge in [-0.3, -0.25) is 0 Å². The van der Waals surface area contributed by atoms with Crippen LogP contribution < -0.4 is 5.32 Å². The molecule has 2 heterocycles. The number of rotatable bonds is 6. The van der Waals surface area contributed by atoms with E-state index >= 15 is 0 Å². The first kappa shape index (κ1) is 29.3. The van der Waals surface area contributed by atoms with Crippen molar-refractivity contribution in [2.24, 2.45) is 15.0 Å². The quantitative estimate of drug-likeness (QED) is 0.146.